The van der Waals surface area contributed by atoms with E-state index in [1.165, 1.54) is 5.22 Å². The zero-order valence-electron chi connectivity index (χ0n) is 12.5. The number of aromatic amines is 1. The number of hydrogen-bond donors (Lipinski definition) is 2. The highest BCUT2D eigenvalue weighted by atomic mass is 16.1. The molecule has 2 aromatic rings. The van der Waals surface area contributed by atoms with Gasteiger partial charge in [0.25, 0.3) is 5.56 Å². The van der Waals surface area contributed by atoms with Crippen molar-refractivity contribution in [3.05, 3.63) is 56.4 Å². The van der Waals surface area contributed by atoms with E-state index in [1.807, 2.05) is 25.1 Å². The molecule has 0 aliphatic heterocycles. The molecule has 3 N–H and O–H groups in total. The Morgan fingerprint density at radius 1 is 1.35 bits per heavy atom. The summed E-state index contributed by atoms with van der Waals surface area (Å²) < 4.78 is 0. The van der Waals surface area contributed by atoms with Gasteiger partial charge in [-0.1, -0.05) is 25.5 Å². The molecule has 0 bridgehead atoms. The lowest BCUT2D eigenvalue weighted by atomic mass is 10.0. The van der Waals surface area contributed by atoms with E-state index < -0.39 is 0 Å². The number of nitrogens with one attached hydrogen (secondary N) is 1. The molecule has 7 nitrogen and oxygen atoms in total. The first-order chi connectivity index (χ1) is 11.1. The van der Waals surface area contributed by atoms with Crippen LogP contribution >= 0.6 is 0 Å². The third kappa shape index (κ3) is 2.74. The fraction of sp³-hybridized carbons (Fsp3) is 0.188. The maximum absolute atomic E-state index is 11.5. The van der Waals surface area contributed by atoms with Crippen LogP contribution in [0.4, 0.5) is 5.95 Å². The Balaban J connectivity index is 0.000000162. The summed E-state index contributed by atoms with van der Waals surface area (Å²) in [6.07, 6.45) is 3.38. The smallest absolute Gasteiger partial charge is 0.280 e. The molecule has 0 atom stereocenters. The molecule has 0 spiro atoms. The lowest BCUT2D eigenvalue weighted by molar-refractivity contribution is 0.877. The van der Waals surface area contributed by atoms with E-state index in [0.29, 0.717) is 0 Å². The maximum Gasteiger partial charge on any atom is 0.280 e. The molecule has 0 saturated carbocycles. The Bertz CT molecular complexity index is 1080. The minimum Gasteiger partial charge on any atom is -0.369 e. The predicted molar refractivity (Wildman–Crippen MR) is 85.2 cm³/mol. The molecule has 0 saturated heterocycles. The van der Waals surface area contributed by atoms with Crippen molar-refractivity contribution in [3.8, 4) is 6.07 Å². The Morgan fingerprint density at radius 2 is 2.17 bits per heavy atom. The van der Waals surface area contributed by atoms with Crippen molar-refractivity contribution >= 4 is 17.1 Å². The SMILES string of the molecule is CCCc1cnc2nc(N)[nH]c(=O)c2n1.N#Cc1cc2ccc1=2. The molecule has 0 radical (unpaired) electrons. The number of rotatable bonds is 2. The van der Waals surface area contributed by atoms with Crippen LogP contribution in [0.15, 0.2) is 29.2 Å². The van der Waals surface area contributed by atoms with Gasteiger partial charge in [0.15, 0.2) is 11.2 Å². The minimum absolute atomic E-state index is 0.0602. The molecule has 0 aromatic carbocycles. The highest BCUT2D eigenvalue weighted by Crippen LogP contribution is 2.13. The summed E-state index contributed by atoms with van der Waals surface area (Å²) in [4.78, 5) is 26.0. The van der Waals surface area contributed by atoms with Gasteiger partial charge in [0.05, 0.1) is 23.5 Å². The Labute approximate surface area is 131 Å². The van der Waals surface area contributed by atoms with Gasteiger partial charge in [-0.05, 0) is 22.9 Å². The van der Waals surface area contributed by atoms with Gasteiger partial charge in [0.2, 0.25) is 5.95 Å². The van der Waals surface area contributed by atoms with Crippen molar-refractivity contribution in [1.29, 1.82) is 5.26 Å². The minimum atomic E-state index is -0.344. The molecule has 23 heavy (non-hydrogen) atoms. The summed E-state index contributed by atoms with van der Waals surface area (Å²) in [5.74, 6) is 0.0602. The van der Waals surface area contributed by atoms with Gasteiger partial charge in [0, 0.05) is 0 Å². The highest BCUT2D eigenvalue weighted by Gasteiger charge is 2.05. The van der Waals surface area contributed by atoms with Crippen LogP contribution in [-0.4, -0.2) is 19.9 Å². The summed E-state index contributed by atoms with van der Waals surface area (Å²) in [6.45, 7) is 2.04. The van der Waals surface area contributed by atoms with Gasteiger partial charge in [0.1, 0.15) is 0 Å². The van der Waals surface area contributed by atoms with Crippen molar-refractivity contribution in [1.82, 2.24) is 19.9 Å². The quantitative estimate of drug-likeness (QED) is 0.577. The third-order valence-corrected chi connectivity index (χ3v) is 3.44. The molecule has 114 valence electrons. The van der Waals surface area contributed by atoms with Crippen molar-refractivity contribution < 1.29 is 0 Å². The van der Waals surface area contributed by atoms with Crippen LogP contribution < -0.4 is 11.3 Å². The first-order valence-electron chi connectivity index (χ1n) is 7.18. The normalized spacial score (nSPS) is 10.6. The van der Waals surface area contributed by atoms with E-state index in [9.17, 15) is 4.79 Å². The van der Waals surface area contributed by atoms with Crippen LogP contribution in [0.25, 0.3) is 11.2 Å². The molecule has 2 heterocycles. The first-order valence-corrected chi connectivity index (χ1v) is 7.18. The van der Waals surface area contributed by atoms with Crippen LogP contribution in [0.2, 0.25) is 0 Å². The second-order valence-electron chi connectivity index (χ2n) is 5.11. The van der Waals surface area contributed by atoms with Crippen LogP contribution in [0.1, 0.15) is 24.6 Å². The van der Waals surface area contributed by atoms with Gasteiger partial charge in [-0.2, -0.15) is 10.2 Å². The van der Waals surface area contributed by atoms with Crippen LogP contribution in [0, 0.1) is 21.8 Å². The third-order valence-electron chi connectivity index (χ3n) is 3.44. The van der Waals surface area contributed by atoms with E-state index >= 15 is 0 Å². The number of nitriles is 1. The van der Waals surface area contributed by atoms with Gasteiger partial charge < -0.3 is 5.73 Å². The summed E-state index contributed by atoms with van der Waals surface area (Å²) in [5, 5.41) is 10.7. The van der Waals surface area contributed by atoms with Gasteiger partial charge in [-0.15, -0.1) is 0 Å². The largest absolute Gasteiger partial charge is 0.369 e. The average Bonchev–Trinajstić information content (AvgIpc) is 2.51. The van der Waals surface area contributed by atoms with Gasteiger partial charge >= 0.3 is 0 Å². The maximum atomic E-state index is 11.5. The molecular formula is C16H14N6O. The monoisotopic (exact) mass is 306 g/mol. The molecule has 0 amide bonds. The number of aromatic nitrogens is 4. The number of nitrogen functional groups attached to an aromatic ring is 1. The Kier molecular flexibility index (Phi) is 3.73. The number of aryl methyl sites for hydroxylation is 1. The van der Waals surface area contributed by atoms with E-state index in [4.69, 9.17) is 11.0 Å². The molecule has 0 unspecified atom stereocenters. The number of nitrogens with two attached hydrogens (primary N) is 1. The average molecular weight is 306 g/mol. The highest BCUT2D eigenvalue weighted by molar-refractivity contribution is 5.69. The van der Waals surface area contributed by atoms with Gasteiger partial charge in [-0.3, -0.25) is 9.78 Å². The summed E-state index contributed by atoms with van der Waals surface area (Å²) in [5.41, 5.74) is 7.21. The molecular weight excluding hydrogens is 292 g/mol. The van der Waals surface area contributed by atoms with Crippen molar-refractivity contribution in [3.63, 3.8) is 0 Å². The Hall–Kier alpha value is -3.27. The second-order valence-corrected chi connectivity index (χ2v) is 5.11. The molecule has 4 rings (SSSR count). The number of hydrogen-bond acceptors (Lipinski definition) is 6. The Morgan fingerprint density at radius 3 is 2.70 bits per heavy atom. The summed E-state index contributed by atoms with van der Waals surface area (Å²) >= 11 is 0. The number of fused-ring (bicyclic) bond motifs is 1. The van der Waals surface area contributed by atoms with Crippen molar-refractivity contribution in [2.45, 2.75) is 19.8 Å². The lowest BCUT2D eigenvalue weighted by Crippen LogP contribution is -2.14. The number of benzene rings is 1. The van der Waals surface area contributed by atoms with Crippen LogP contribution in [-0.2, 0) is 6.42 Å². The fourth-order valence-corrected chi connectivity index (χ4v) is 2.23. The molecule has 2 aliphatic rings. The van der Waals surface area contributed by atoms with E-state index in [1.54, 1.807) is 6.20 Å². The zero-order valence-corrected chi connectivity index (χ0v) is 12.5. The summed E-state index contributed by atoms with van der Waals surface area (Å²) in [6, 6.07) is 7.96. The molecule has 7 heteroatoms. The zero-order chi connectivity index (χ0) is 16.4. The predicted octanol–water partition coefficient (Wildman–Crippen LogP) is 1.41. The standard InChI is InChI=1S/C9H11N5O.C7H3N/c1-2-3-5-4-11-7-6(12-5)8(15)14-9(10)13-7;8-4-6-3-5-1-2-7(5)6/h4H,2-3H2,1H3,(H3,10,11,13,14,15);1-3H. The first kappa shape index (κ1) is 14.7. The number of anilines is 1. The molecule has 0 fully saturated rings. The van der Waals surface area contributed by atoms with E-state index in [0.717, 1.165) is 29.3 Å². The molecule has 2 aromatic heterocycles. The number of H-pyrrole nitrogens is 1. The summed E-state index contributed by atoms with van der Waals surface area (Å²) in [7, 11) is 0. The fourth-order valence-electron chi connectivity index (χ4n) is 2.23. The second kappa shape index (κ2) is 5.85. The van der Waals surface area contributed by atoms with Crippen LogP contribution in [0.3, 0.4) is 0 Å². The van der Waals surface area contributed by atoms with Gasteiger partial charge in [-0.25, -0.2) is 9.97 Å². The van der Waals surface area contributed by atoms with E-state index in [-0.39, 0.29) is 22.7 Å². The van der Waals surface area contributed by atoms with Crippen LogP contribution in [0.5, 0.6) is 0 Å². The van der Waals surface area contributed by atoms with Crippen molar-refractivity contribution in [2.24, 2.45) is 0 Å². The molecule has 2 aliphatic carbocycles. The van der Waals surface area contributed by atoms with E-state index in [2.05, 4.69) is 26.0 Å². The number of nitrogens with zero attached hydrogens (tertiary/aromatic N) is 4. The lowest BCUT2D eigenvalue weighted by Gasteiger charge is -2.01. The van der Waals surface area contributed by atoms with Crippen molar-refractivity contribution in [2.75, 3.05) is 5.73 Å². The topological polar surface area (TPSA) is 121 Å².